The van der Waals surface area contributed by atoms with Crippen molar-refractivity contribution in [1.82, 2.24) is 14.8 Å². The largest absolute Gasteiger partial charge is 0.454 e. The van der Waals surface area contributed by atoms with Gasteiger partial charge in [-0.05, 0) is 31.4 Å². The fourth-order valence-corrected chi connectivity index (χ4v) is 4.93. The number of para-hydroxylation sites is 1. The smallest absolute Gasteiger partial charge is 0.225 e. The van der Waals surface area contributed by atoms with Crippen LogP contribution < -0.4 is 5.32 Å². The molecule has 0 unspecified atom stereocenters. The quantitative estimate of drug-likeness (QED) is 0.418. The van der Waals surface area contributed by atoms with Crippen LogP contribution >= 0.6 is 11.3 Å². The molecule has 1 aliphatic carbocycles. The number of aryl methyl sites for hydroxylation is 1. The summed E-state index contributed by atoms with van der Waals surface area (Å²) < 4.78 is 7.64. The minimum absolute atomic E-state index is 0.0390. The first-order chi connectivity index (χ1) is 14.7. The van der Waals surface area contributed by atoms with E-state index in [-0.39, 0.29) is 5.91 Å². The molecular formula is C23H24N4O2S. The number of nitrogens with zero attached hydrogens (tertiary/aromatic N) is 3. The number of rotatable bonds is 6. The highest BCUT2D eigenvalue weighted by Gasteiger charge is 2.19. The van der Waals surface area contributed by atoms with Crippen molar-refractivity contribution in [3.8, 4) is 16.6 Å². The third-order valence-electron chi connectivity index (χ3n) is 5.70. The molecule has 1 fully saturated rings. The lowest BCUT2D eigenvalue weighted by Gasteiger charge is -2.09. The van der Waals surface area contributed by atoms with Crippen molar-refractivity contribution < 1.29 is 9.21 Å². The summed E-state index contributed by atoms with van der Waals surface area (Å²) >= 11 is 1.47. The van der Waals surface area contributed by atoms with Gasteiger partial charge in [-0.3, -0.25) is 4.79 Å². The molecule has 0 radical (unpaired) electrons. The molecule has 1 amide bonds. The second-order valence-electron chi connectivity index (χ2n) is 7.98. The van der Waals surface area contributed by atoms with Crippen LogP contribution in [0, 0.1) is 12.8 Å². The molecule has 0 spiro atoms. The second-order valence-corrected chi connectivity index (χ2v) is 8.82. The van der Waals surface area contributed by atoms with Crippen LogP contribution in [0.1, 0.15) is 44.2 Å². The first-order valence-electron chi connectivity index (χ1n) is 10.5. The van der Waals surface area contributed by atoms with Gasteiger partial charge < -0.3 is 9.73 Å². The molecule has 30 heavy (non-hydrogen) atoms. The Balaban J connectivity index is 1.34. The lowest BCUT2D eigenvalue weighted by Crippen LogP contribution is -2.15. The molecule has 1 aliphatic rings. The average Bonchev–Trinajstić information content (AvgIpc) is 3.51. The van der Waals surface area contributed by atoms with Gasteiger partial charge in [0.2, 0.25) is 11.0 Å². The number of aromatic nitrogens is 3. The van der Waals surface area contributed by atoms with Gasteiger partial charge >= 0.3 is 0 Å². The molecule has 1 N–H and O–H groups in total. The van der Waals surface area contributed by atoms with Crippen molar-refractivity contribution >= 4 is 34.0 Å². The molecular weight excluding hydrogens is 396 g/mol. The summed E-state index contributed by atoms with van der Waals surface area (Å²) in [5, 5.41) is 11.3. The number of thiazole rings is 1. The number of hydrogen-bond acceptors (Lipinski definition) is 5. The first-order valence-corrected chi connectivity index (χ1v) is 11.3. The normalized spacial score (nSPS) is 14.6. The molecule has 1 aromatic carbocycles. The van der Waals surface area contributed by atoms with Gasteiger partial charge in [0, 0.05) is 23.3 Å². The van der Waals surface area contributed by atoms with Gasteiger partial charge in [0.05, 0.1) is 5.69 Å². The highest BCUT2D eigenvalue weighted by Crippen LogP contribution is 2.31. The van der Waals surface area contributed by atoms with E-state index in [1.54, 1.807) is 4.68 Å². The third-order valence-corrected chi connectivity index (χ3v) is 6.52. The Morgan fingerprint density at radius 1 is 1.27 bits per heavy atom. The summed E-state index contributed by atoms with van der Waals surface area (Å²) in [6.45, 7) is 1.92. The number of anilines is 1. The molecule has 0 aliphatic heterocycles. The van der Waals surface area contributed by atoms with Crippen LogP contribution in [0.4, 0.5) is 5.82 Å². The zero-order valence-corrected chi connectivity index (χ0v) is 17.7. The minimum atomic E-state index is 0.0390. The first kappa shape index (κ1) is 19.1. The SMILES string of the molecule is Cc1cc(NC(=O)CCC2CCCC2)n(-c2nc(-c3cc4ccccc4o3)cs2)n1. The number of carbonyl (C=O) groups excluding carboxylic acids is 1. The van der Waals surface area contributed by atoms with Crippen LogP contribution in [-0.4, -0.2) is 20.7 Å². The number of hydrogen-bond donors (Lipinski definition) is 1. The van der Waals surface area contributed by atoms with E-state index in [0.717, 1.165) is 34.5 Å². The third kappa shape index (κ3) is 3.89. The topological polar surface area (TPSA) is 73.0 Å². The van der Waals surface area contributed by atoms with Crippen LogP contribution in [0.5, 0.6) is 0 Å². The summed E-state index contributed by atoms with van der Waals surface area (Å²) in [4.78, 5) is 17.2. The van der Waals surface area contributed by atoms with E-state index >= 15 is 0 Å². The van der Waals surface area contributed by atoms with Crippen molar-refractivity contribution in [2.45, 2.75) is 45.4 Å². The van der Waals surface area contributed by atoms with E-state index in [1.807, 2.05) is 48.7 Å². The maximum atomic E-state index is 12.5. The molecule has 4 aromatic rings. The van der Waals surface area contributed by atoms with Crippen molar-refractivity contribution in [2.24, 2.45) is 5.92 Å². The number of fused-ring (bicyclic) bond motifs is 1. The molecule has 0 atom stereocenters. The van der Waals surface area contributed by atoms with Crippen molar-refractivity contribution in [3.63, 3.8) is 0 Å². The Labute approximate surface area is 178 Å². The fraction of sp³-hybridized carbons (Fsp3) is 0.348. The van der Waals surface area contributed by atoms with Gasteiger partial charge in [0.1, 0.15) is 17.1 Å². The van der Waals surface area contributed by atoms with Gasteiger partial charge in [-0.2, -0.15) is 9.78 Å². The van der Waals surface area contributed by atoms with Crippen molar-refractivity contribution in [1.29, 1.82) is 0 Å². The maximum absolute atomic E-state index is 12.5. The summed E-state index contributed by atoms with van der Waals surface area (Å²) in [5.41, 5.74) is 2.44. The molecule has 6 nitrogen and oxygen atoms in total. The van der Waals surface area contributed by atoms with Gasteiger partial charge in [-0.25, -0.2) is 4.98 Å². The van der Waals surface area contributed by atoms with E-state index < -0.39 is 0 Å². The summed E-state index contributed by atoms with van der Waals surface area (Å²) in [7, 11) is 0. The zero-order chi connectivity index (χ0) is 20.5. The molecule has 0 saturated heterocycles. The Morgan fingerprint density at radius 2 is 2.10 bits per heavy atom. The van der Waals surface area contributed by atoms with Gasteiger partial charge in [0.15, 0.2) is 5.76 Å². The standard InChI is InChI=1S/C23H24N4O2S/c1-15-12-21(25-22(28)11-10-16-6-2-3-7-16)27(26-15)23-24-18(14-30-23)20-13-17-8-4-5-9-19(17)29-20/h4-5,8-9,12-14,16H,2-3,6-7,10-11H2,1H3,(H,25,28). The van der Waals surface area contributed by atoms with E-state index in [0.29, 0.717) is 23.3 Å². The van der Waals surface area contributed by atoms with E-state index in [9.17, 15) is 4.79 Å². The number of nitrogens with one attached hydrogen (secondary N) is 1. The Bertz CT molecular complexity index is 1150. The zero-order valence-electron chi connectivity index (χ0n) is 16.9. The minimum Gasteiger partial charge on any atom is -0.454 e. The number of furan rings is 1. The van der Waals surface area contributed by atoms with Crippen LogP contribution in [0.2, 0.25) is 0 Å². The highest BCUT2D eigenvalue weighted by atomic mass is 32.1. The predicted octanol–water partition coefficient (Wildman–Crippen LogP) is 5.96. The average molecular weight is 421 g/mol. The summed E-state index contributed by atoms with van der Waals surface area (Å²) in [5.74, 6) is 2.13. The molecule has 154 valence electrons. The van der Waals surface area contributed by atoms with Crippen LogP contribution in [0.25, 0.3) is 27.6 Å². The van der Waals surface area contributed by atoms with Crippen molar-refractivity contribution in [3.05, 3.63) is 47.5 Å². The fourth-order valence-electron chi connectivity index (χ4n) is 4.16. The molecule has 1 saturated carbocycles. The lowest BCUT2D eigenvalue weighted by atomic mass is 10.0. The van der Waals surface area contributed by atoms with Crippen LogP contribution in [0.3, 0.4) is 0 Å². The van der Waals surface area contributed by atoms with E-state index in [4.69, 9.17) is 9.40 Å². The van der Waals surface area contributed by atoms with Gasteiger partial charge in [0.25, 0.3) is 0 Å². The van der Waals surface area contributed by atoms with Gasteiger partial charge in [-0.15, -0.1) is 11.3 Å². The highest BCUT2D eigenvalue weighted by molar-refractivity contribution is 7.12. The Hall–Kier alpha value is -2.93. The number of carbonyl (C=O) groups is 1. The van der Waals surface area contributed by atoms with Gasteiger partial charge in [-0.1, -0.05) is 43.9 Å². The van der Waals surface area contributed by atoms with E-state index in [2.05, 4.69) is 10.4 Å². The van der Waals surface area contributed by atoms with Crippen LogP contribution in [0.15, 0.2) is 46.2 Å². The predicted molar refractivity (Wildman–Crippen MR) is 119 cm³/mol. The lowest BCUT2D eigenvalue weighted by molar-refractivity contribution is -0.116. The number of amides is 1. The number of benzene rings is 1. The van der Waals surface area contributed by atoms with Crippen LogP contribution in [-0.2, 0) is 4.79 Å². The molecule has 3 aromatic heterocycles. The Kier molecular flexibility index (Phi) is 5.12. The van der Waals surface area contributed by atoms with Crippen molar-refractivity contribution in [2.75, 3.05) is 5.32 Å². The maximum Gasteiger partial charge on any atom is 0.225 e. The summed E-state index contributed by atoms with van der Waals surface area (Å²) in [6, 6.07) is 11.8. The monoisotopic (exact) mass is 420 g/mol. The molecule has 3 heterocycles. The molecule has 5 rings (SSSR count). The second kappa shape index (κ2) is 8.07. The molecule has 0 bridgehead atoms. The molecule has 7 heteroatoms. The Morgan fingerprint density at radius 3 is 2.93 bits per heavy atom. The summed E-state index contributed by atoms with van der Waals surface area (Å²) in [6.07, 6.45) is 6.64. The van der Waals surface area contributed by atoms with E-state index in [1.165, 1.54) is 37.0 Å².